The summed E-state index contributed by atoms with van der Waals surface area (Å²) in [6.07, 6.45) is 1.33. The number of pyridine rings is 1. The molecule has 7 nitrogen and oxygen atoms in total. The molecule has 4 rings (SSSR count). The van der Waals surface area contributed by atoms with Crippen LogP contribution in [0, 0.1) is 0 Å². The third-order valence-corrected chi connectivity index (χ3v) is 6.38. The van der Waals surface area contributed by atoms with Gasteiger partial charge in [-0.15, -0.1) is 0 Å². The maximum Gasteiger partial charge on any atom is 0.391 e. The Morgan fingerprint density at radius 3 is 2.53 bits per heavy atom. The van der Waals surface area contributed by atoms with Crippen LogP contribution in [0.3, 0.4) is 0 Å². The van der Waals surface area contributed by atoms with Gasteiger partial charge in [0.2, 0.25) is 11.8 Å². The molecule has 2 aromatic heterocycles. The quantitative estimate of drug-likeness (QED) is 0.605. The zero-order valence-electron chi connectivity index (χ0n) is 18.2. The molecule has 0 saturated heterocycles. The number of hydrogen-bond donors (Lipinski definition) is 3. The van der Waals surface area contributed by atoms with Crippen LogP contribution in [0.2, 0.25) is 0 Å². The summed E-state index contributed by atoms with van der Waals surface area (Å²) in [5.74, 6) is 0.605. The van der Waals surface area contributed by atoms with Crippen molar-refractivity contribution in [3.8, 4) is 5.88 Å². The number of nitrogens with zero attached hydrogens (tertiary/aromatic N) is 3. The van der Waals surface area contributed by atoms with E-state index in [0.29, 0.717) is 42.5 Å². The number of nitrogens with one attached hydrogen (secondary N) is 1. The van der Waals surface area contributed by atoms with Crippen LogP contribution in [0.1, 0.15) is 70.3 Å². The van der Waals surface area contributed by atoms with Crippen LogP contribution in [-0.2, 0) is 0 Å². The second kappa shape index (κ2) is 8.62. The van der Waals surface area contributed by atoms with E-state index in [0.717, 1.165) is 18.4 Å². The fraction of sp³-hybridized carbons (Fsp3) is 0.682. The highest BCUT2D eigenvalue weighted by atomic mass is 19.4. The van der Waals surface area contributed by atoms with Gasteiger partial charge in [-0.25, -0.2) is 15.0 Å². The van der Waals surface area contributed by atoms with Gasteiger partial charge >= 0.3 is 6.18 Å². The number of aliphatic hydroxyl groups is 2. The summed E-state index contributed by atoms with van der Waals surface area (Å²) < 4.78 is 44.1. The van der Waals surface area contributed by atoms with Gasteiger partial charge in [0.1, 0.15) is 6.10 Å². The lowest BCUT2D eigenvalue weighted by molar-refractivity contribution is -0.136. The molecular formula is C22H29F3N4O3. The van der Waals surface area contributed by atoms with Crippen LogP contribution in [-0.4, -0.2) is 55.2 Å². The molecule has 2 fully saturated rings. The van der Waals surface area contributed by atoms with Crippen molar-refractivity contribution < 1.29 is 28.1 Å². The summed E-state index contributed by atoms with van der Waals surface area (Å²) in [5.41, 5.74) is 0.784. The highest BCUT2D eigenvalue weighted by molar-refractivity contribution is 5.86. The molecule has 2 heterocycles. The second-order valence-corrected chi connectivity index (χ2v) is 9.48. The minimum atomic E-state index is -4.29. The van der Waals surface area contributed by atoms with E-state index in [9.17, 15) is 23.4 Å². The minimum absolute atomic E-state index is 0.120. The summed E-state index contributed by atoms with van der Waals surface area (Å²) in [6.45, 7) is 3.27. The first-order chi connectivity index (χ1) is 15.0. The average Bonchev–Trinajstić information content (AvgIpc) is 2.65. The normalized spacial score (nSPS) is 29.4. The monoisotopic (exact) mass is 454 g/mol. The van der Waals surface area contributed by atoms with Gasteiger partial charge in [0, 0.05) is 36.8 Å². The van der Waals surface area contributed by atoms with Crippen LogP contribution in [0.4, 0.5) is 19.1 Å². The molecule has 2 aliphatic rings. The second-order valence-electron chi connectivity index (χ2n) is 9.48. The fourth-order valence-corrected chi connectivity index (χ4v) is 4.44. The first-order valence-corrected chi connectivity index (χ1v) is 11.0. The van der Waals surface area contributed by atoms with Gasteiger partial charge in [-0.1, -0.05) is 0 Å². The van der Waals surface area contributed by atoms with Crippen molar-refractivity contribution in [2.24, 2.45) is 0 Å². The number of aromatic nitrogens is 3. The first-order valence-electron chi connectivity index (χ1n) is 11.0. The van der Waals surface area contributed by atoms with Gasteiger partial charge in [0.15, 0.2) is 0 Å². The maximum atomic E-state index is 12.7. The number of fused-ring (bicyclic) bond motifs is 1. The van der Waals surface area contributed by atoms with E-state index in [1.807, 2.05) is 6.92 Å². The van der Waals surface area contributed by atoms with Crippen LogP contribution >= 0.6 is 0 Å². The Bertz CT molecular complexity index is 953. The minimum Gasteiger partial charge on any atom is -0.474 e. The lowest BCUT2D eigenvalue weighted by Gasteiger charge is -2.34. The molecule has 0 bridgehead atoms. The number of halogens is 3. The zero-order valence-corrected chi connectivity index (χ0v) is 18.2. The summed E-state index contributed by atoms with van der Waals surface area (Å²) in [4.78, 5) is 13.3. The van der Waals surface area contributed by atoms with E-state index in [1.165, 1.54) is 13.1 Å². The highest BCUT2D eigenvalue weighted by Crippen LogP contribution is 2.41. The molecule has 0 spiro atoms. The third-order valence-electron chi connectivity index (χ3n) is 6.38. The van der Waals surface area contributed by atoms with Gasteiger partial charge in [0.25, 0.3) is 0 Å². The first kappa shape index (κ1) is 23.0. The van der Waals surface area contributed by atoms with Crippen molar-refractivity contribution >= 4 is 16.9 Å². The molecule has 0 aliphatic heterocycles. The van der Waals surface area contributed by atoms with Crippen molar-refractivity contribution in [3.05, 3.63) is 18.0 Å². The van der Waals surface area contributed by atoms with Crippen molar-refractivity contribution in [3.63, 3.8) is 0 Å². The zero-order chi connectivity index (χ0) is 23.1. The predicted molar refractivity (Wildman–Crippen MR) is 113 cm³/mol. The SMILES string of the molecule is C[C@@H](CC(F)(F)F)Nc1ncc2c(OC3CC(O)C3)ncc(C3CCC(C)(O)CC3)c2n1. The van der Waals surface area contributed by atoms with E-state index in [4.69, 9.17) is 4.74 Å². The van der Waals surface area contributed by atoms with Gasteiger partial charge in [0.05, 0.1) is 29.0 Å². The Kier molecular flexibility index (Phi) is 6.19. The topological polar surface area (TPSA) is 100 Å². The fourth-order valence-electron chi connectivity index (χ4n) is 4.44. The summed E-state index contributed by atoms with van der Waals surface area (Å²) in [7, 11) is 0. The van der Waals surface area contributed by atoms with Crippen LogP contribution in [0.25, 0.3) is 10.9 Å². The van der Waals surface area contributed by atoms with E-state index in [1.54, 1.807) is 6.20 Å². The Balaban J connectivity index is 1.64. The molecule has 2 saturated carbocycles. The van der Waals surface area contributed by atoms with Crippen LogP contribution < -0.4 is 10.1 Å². The van der Waals surface area contributed by atoms with Gasteiger partial charge in [-0.2, -0.15) is 13.2 Å². The summed E-state index contributed by atoms with van der Waals surface area (Å²) in [6, 6.07) is -0.880. The molecule has 10 heteroatoms. The highest BCUT2D eigenvalue weighted by Gasteiger charge is 2.33. The molecular weight excluding hydrogens is 425 g/mol. The van der Waals surface area contributed by atoms with Crippen LogP contribution in [0.5, 0.6) is 5.88 Å². The van der Waals surface area contributed by atoms with Crippen molar-refractivity contribution in [1.29, 1.82) is 0 Å². The third kappa shape index (κ3) is 5.40. The molecule has 32 heavy (non-hydrogen) atoms. The Morgan fingerprint density at radius 1 is 1.22 bits per heavy atom. The standard InChI is InChI=1S/C22H29F3N4O3/c1-12(9-22(23,24)25)28-20-27-11-17-18(29-20)16(13-3-5-21(2,31)6-4-13)10-26-19(17)32-15-7-14(30)8-15/h10-15,30-31H,3-9H2,1-2H3,(H,27,28,29)/t12-,13?,14?,15?,21?/m0/s1. The summed E-state index contributed by atoms with van der Waals surface area (Å²) >= 11 is 0. The Morgan fingerprint density at radius 2 is 1.91 bits per heavy atom. The molecule has 2 aliphatic carbocycles. The Hall–Kier alpha value is -2.20. The molecule has 3 N–H and O–H groups in total. The maximum absolute atomic E-state index is 12.7. The van der Waals surface area contributed by atoms with Crippen molar-refractivity contribution in [1.82, 2.24) is 15.0 Å². The number of rotatable bonds is 6. The number of aliphatic hydroxyl groups excluding tert-OH is 1. The van der Waals surface area contributed by atoms with E-state index in [2.05, 4.69) is 20.3 Å². The van der Waals surface area contributed by atoms with Crippen molar-refractivity contribution in [2.45, 2.75) is 94.7 Å². The molecule has 0 unspecified atom stereocenters. The van der Waals surface area contributed by atoms with Crippen molar-refractivity contribution in [2.75, 3.05) is 5.32 Å². The number of ether oxygens (including phenoxy) is 1. The molecule has 176 valence electrons. The molecule has 1 atom stereocenters. The van der Waals surface area contributed by atoms with Gasteiger partial charge in [-0.3, -0.25) is 0 Å². The largest absolute Gasteiger partial charge is 0.474 e. The van der Waals surface area contributed by atoms with E-state index < -0.39 is 24.2 Å². The van der Waals surface area contributed by atoms with Gasteiger partial charge in [-0.05, 0) is 45.4 Å². The van der Waals surface area contributed by atoms with Crippen LogP contribution in [0.15, 0.2) is 12.4 Å². The summed E-state index contributed by atoms with van der Waals surface area (Å²) in [5, 5.41) is 23.2. The Labute approximate surface area is 184 Å². The molecule has 0 amide bonds. The van der Waals surface area contributed by atoms with E-state index >= 15 is 0 Å². The lowest BCUT2D eigenvalue weighted by atomic mass is 9.77. The molecule has 2 aromatic rings. The molecule has 0 aromatic carbocycles. The number of hydrogen-bond acceptors (Lipinski definition) is 7. The molecule has 0 radical (unpaired) electrons. The average molecular weight is 454 g/mol. The van der Waals surface area contributed by atoms with Gasteiger partial charge < -0.3 is 20.3 Å². The number of alkyl halides is 3. The predicted octanol–water partition coefficient (Wildman–Crippen LogP) is 4.09. The number of anilines is 1. The smallest absolute Gasteiger partial charge is 0.391 e. The van der Waals surface area contributed by atoms with E-state index in [-0.39, 0.29) is 24.1 Å². The lowest BCUT2D eigenvalue weighted by Crippen LogP contribution is -2.37.